The Labute approximate surface area is 110 Å². The second-order valence-corrected chi connectivity index (χ2v) is 6.12. The normalized spacial score (nSPS) is 28.7. The molecular formula is C14H26N2O2. The molecule has 0 aromatic heterocycles. The Morgan fingerprint density at radius 1 is 1.39 bits per heavy atom. The molecule has 0 aliphatic carbocycles. The molecule has 0 bridgehead atoms. The highest BCUT2D eigenvalue weighted by Gasteiger charge is 2.37. The van der Waals surface area contributed by atoms with Crippen molar-refractivity contribution in [2.75, 3.05) is 46.9 Å². The number of hydrogen-bond donors (Lipinski definition) is 0. The van der Waals surface area contributed by atoms with Crippen LogP contribution in [-0.2, 0) is 9.53 Å². The van der Waals surface area contributed by atoms with Crippen LogP contribution in [-0.4, -0.2) is 69.1 Å². The molecule has 0 radical (unpaired) electrons. The number of likely N-dealkylation sites (tertiary alicyclic amines) is 1. The van der Waals surface area contributed by atoms with Crippen LogP contribution in [0.1, 0.15) is 25.7 Å². The topological polar surface area (TPSA) is 32.8 Å². The first kappa shape index (κ1) is 14.0. The van der Waals surface area contributed by atoms with Gasteiger partial charge in [-0.1, -0.05) is 0 Å². The van der Waals surface area contributed by atoms with Gasteiger partial charge in [-0.3, -0.25) is 4.90 Å². The molecule has 0 aromatic carbocycles. The van der Waals surface area contributed by atoms with Crippen LogP contribution in [0, 0.1) is 5.41 Å². The second kappa shape index (κ2) is 6.13. The first-order valence-corrected chi connectivity index (χ1v) is 7.08. The van der Waals surface area contributed by atoms with Gasteiger partial charge in [0.05, 0.1) is 0 Å². The zero-order valence-electron chi connectivity index (χ0n) is 11.7. The molecule has 2 saturated heterocycles. The summed E-state index contributed by atoms with van der Waals surface area (Å²) in [7, 11) is 4.25. The van der Waals surface area contributed by atoms with Crippen LogP contribution in [0.3, 0.4) is 0 Å². The number of nitrogens with zero attached hydrogens (tertiary/aromatic N) is 2. The number of carbonyl (C=O) groups is 1. The molecule has 0 N–H and O–H groups in total. The van der Waals surface area contributed by atoms with E-state index in [1.54, 1.807) is 0 Å². The van der Waals surface area contributed by atoms with E-state index in [9.17, 15) is 4.79 Å². The molecule has 2 fully saturated rings. The SMILES string of the molecule is CN(C)CC1CCCN1CC1(C=O)CCOCC1. The monoisotopic (exact) mass is 254 g/mol. The fourth-order valence-electron chi connectivity index (χ4n) is 3.23. The standard InChI is InChI=1S/C14H26N2O2/c1-15(2)10-13-4-3-7-16(13)11-14(12-17)5-8-18-9-6-14/h12-13H,3-11H2,1-2H3. The molecule has 0 amide bonds. The molecule has 104 valence electrons. The van der Waals surface area contributed by atoms with Crippen LogP contribution < -0.4 is 0 Å². The van der Waals surface area contributed by atoms with Crippen molar-refractivity contribution in [2.24, 2.45) is 5.41 Å². The average Bonchev–Trinajstić information content (AvgIpc) is 2.77. The highest BCUT2D eigenvalue weighted by Crippen LogP contribution is 2.32. The largest absolute Gasteiger partial charge is 0.381 e. The molecular weight excluding hydrogens is 228 g/mol. The van der Waals surface area contributed by atoms with Gasteiger partial charge in [-0.15, -0.1) is 0 Å². The lowest BCUT2D eigenvalue weighted by molar-refractivity contribution is -0.123. The lowest BCUT2D eigenvalue weighted by atomic mass is 9.81. The zero-order valence-corrected chi connectivity index (χ0v) is 11.7. The summed E-state index contributed by atoms with van der Waals surface area (Å²) in [6, 6.07) is 0.625. The average molecular weight is 254 g/mol. The van der Waals surface area contributed by atoms with Crippen molar-refractivity contribution in [2.45, 2.75) is 31.7 Å². The van der Waals surface area contributed by atoms with Gasteiger partial charge in [-0.2, -0.15) is 0 Å². The highest BCUT2D eigenvalue weighted by atomic mass is 16.5. The minimum absolute atomic E-state index is 0.146. The van der Waals surface area contributed by atoms with Gasteiger partial charge < -0.3 is 14.4 Å². The Bertz CT molecular complexity index is 275. The number of carbonyl (C=O) groups excluding carboxylic acids is 1. The predicted molar refractivity (Wildman–Crippen MR) is 71.7 cm³/mol. The van der Waals surface area contributed by atoms with Gasteiger partial charge in [0, 0.05) is 37.8 Å². The maximum Gasteiger partial charge on any atom is 0.127 e. The molecule has 4 heteroatoms. The fourth-order valence-corrected chi connectivity index (χ4v) is 3.23. The summed E-state index contributed by atoms with van der Waals surface area (Å²) in [6.45, 7) is 4.66. The van der Waals surface area contributed by atoms with Gasteiger partial charge >= 0.3 is 0 Å². The first-order chi connectivity index (χ1) is 8.65. The number of likely N-dealkylation sites (N-methyl/N-ethyl adjacent to an activating group) is 1. The van der Waals surface area contributed by atoms with Crippen LogP contribution in [0.15, 0.2) is 0 Å². The van der Waals surface area contributed by atoms with E-state index in [1.807, 2.05) is 0 Å². The Balaban J connectivity index is 1.95. The third kappa shape index (κ3) is 3.31. The molecule has 1 unspecified atom stereocenters. The van der Waals surface area contributed by atoms with Crippen molar-refractivity contribution >= 4 is 6.29 Å². The zero-order chi connectivity index (χ0) is 13.0. The van der Waals surface area contributed by atoms with Crippen molar-refractivity contribution in [1.82, 2.24) is 9.80 Å². The van der Waals surface area contributed by atoms with Crippen molar-refractivity contribution < 1.29 is 9.53 Å². The van der Waals surface area contributed by atoms with Crippen molar-refractivity contribution in [1.29, 1.82) is 0 Å². The Kier molecular flexibility index (Phi) is 4.76. The predicted octanol–water partition coefficient (Wildman–Crippen LogP) is 1.01. The number of aldehydes is 1. The lowest BCUT2D eigenvalue weighted by Gasteiger charge is -2.38. The second-order valence-electron chi connectivity index (χ2n) is 6.12. The molecule has 0 spiro atoms. The molecule has 4 nitrogen and oxygen atoms in total. The smallest absolute Gasteiger partial charge is 0.127 e. The molecule has 2 aliphatic rings. The molecule has 0 saturated carbocycles. The summed E-state index contributed by atoms with van der Waals surface area (Å²) in [5.41, 5.74) is -0.146. The quantitative estimate of drug-likeness (QED) is 0.686. The van der Waals surface area contributed by atoms with E-state index < -0.39 is 0 Å². The van der Waals surface area contributed by atoms with E-state index in [0.29, 0.717) is 6.04 Å². The van der Waals surface area contributed by atoms with Gasteiger partial charge in [0.1, 0.15) is 6.29 Å². The van der Waals surface area contributed by atoms with Crippen LogP contribution in [0.25, 0.3) is 0 Å². The minimum atomic E-state index is -0.146. The summed E-state index contributed by atoms with van der Waals surface area (Å²) in [4.78, 5) is 16.3. The van der Waals surface area contributed by atoms with Crippen molar-refractivity contribution in [3.05, 3.63) is 0 Å². The number of ether oxygens (including phenoxy) is 1. The summed E-state index contributed by atoms with van der Waals surface area (Å²) < 4.78 is 5.40. The van der Waals surface area contributed by atoms with Crippen LogP contribution in [0.4, 0.5) is 0 Å². The molecule has 2 heterocycles. The van der Waals surface area contributed by atoms with Gasteiger partial charge in [0.25, 0.3) is 0 Å². The van der Waals surface area contributed by atoms with Crippen LogP contribution in [0.5, 0.6) is 0 Å². The van der Waals surface area contributed by atoms with E-state index in [4.69, 9.17) is 4.74 Å². The molecule has 0 aromatic rings. The number of hydrogen-bond acceptors (Lipinski definition) is 4. The third-order valence-electron chi connectivity index (χ3n) is 4.33. The van der Waals surface area contributed by atoms with Gasteiger partial charge in [0.2, 0.25) is 0 Å². The van der Waals surface area contributed by atoms with E-state index in [-0.39, 0.29) is 5.41 Å². The maximum absolute atomic E-state index is 11.5. The van der Waals surface area contributed by atoms with Crippen LogP contribution in [0.2, 0.25) is 0 Å². The van der Waals surface area contributed by atoms with Crippen LogP contribution >= 0.6 is 0 Å². The van der Waals surface area contributed by atoms with E-state index in [2.05, 4.69) is 23.9 Å². The van der Waals surface area contributed by atoms with Gasteiger partial charge in [0.15, 0.2) is 0 Å². The number of rotatable bonds is 5. The Morgan fingerprint density at radius 3 is 2.72 bits per heavy atom. The lowest BCUT2D eigenvalue weighted by Crippen LogP contribution is -2.46. The summed E-state index contributed by atoms with van der Waals surface area (Å²) in [6.07, 6.45) is 5.51. The van der Waals surface area contributed by atoms with E-state index >= 15 is 0 Å². The summed E-state index contributed by atoms with van der Waals surface area (Å²) >= 11 is 0. The minimum Gasteiger partial charge on any atom is -0.381 e. The first-order valence-electron chi connectivity index (χ1n) is 7.08. The van der Waals surface area contributed by atoms with Crippen molar-refractivity contribution in [3.63, 3.8) is 0 Å². The van der Waals surface area contributed by atoms with E-state index in [0.717, 1.165) is 45.7 Å². The fraction of sp³-hybridized carbons (Fsp3) is 0.929. The van der Waals surface area contributed by atoms with E-state index in [1.165, 1.54) is 19.1 Å². The summed E-state index contributed by atoms with van der Waals surface area (Å²) in [5, 5.41) is 0. The highest BCUT2D eigenvalue weighted by molar-refractivity contribution is 5.60. The Morgan fingerprint density at radius 2 is 2.11 bits per heavy atom. The van der Waals surface area contributed by atoms with Gasteiger partial charge in [-0.05, 0) is 46.3 Å². The molecule has 1 atom stereocenters. The maximum atomic E-state index is 11.5. The molecule has 18 heavy (non-hydrogen) atoms. The molecule has 2 rings (SSSR count). The third-order valence-corrected chi connectivity index (χ3v) is 4.33. The Hall–Kier alpha value is -0.450. The van der Waals surface area contributed by atoms with Crippen molar-refractivity contribution in [3.8, 4) is 0 Å². The summed E-state index contributed by atoms with van der Waals surface area (Å²) in [5.74, 6) is 0. The van der Waals surface area contributed by atoms with Gasteiger partial charge in [-0.25, -0.2) is 0 Å². The molecule has 2 aliphatic heterocycles.